The molecule has 0 rings (SSSR count). The number of rotatable bonds is 9. The molecule has 0 amide bonds. The van der Waals surface area contributed by atoms with Crippen LogP contribution in [0.3, 0.4) is 0 Å². The molecule has 0 spiro atoms. The van der Waals surface area contributed by atoms with E-state index < -0.39 is 22.7 Å². The molecule has 108 valence electrons. The van der Waals surface area contributed by atoms with Crippen molar-refractivity contribution in [3.8, 4) is 0 Å². The minimum atomic E-state index is -5.59. The van der Waals surface area contributed by atoms with E-state index in [4.69, 9.17) is 4.65 Å². The van der Waals surface area contributed by atoms with Crippen molar-refractivity contribution in [1.29, 1.82) is 0 Å². The van der Waals surface area contributed by atoms with Crippen molar-refractivity contribution in [2.24, 2.45) is 0 Å². The maximum absolute atomic E-state index is 12.1. The summed E-state index contributed by atoms with van der Waals surface area (Å²) < 4.78 is 67.2. The first-order valence-electron chi connectivity index (χ1n) is 5.85. The summed E-state index contributed by atoms with van der Waals surface area (Å²) in [6, 6.07) is 0. The molecule has 0 fully saturated rings. The molecule has 0 aromatic heterocycles. The summed E-state index contributed by atoms with van der Waals surface area (Å²) in [5, 5.41) is 0. The maximum atomic E-state index is 12.1. The summed E-state index contributed by atoms with van der Waals surface area (Å²) in [6.07, 6.45) is 2.80. The van der Waals surface area contributed by atoms with Gasteiger partial charge in [-0.2, -0.15) is 21.6 Å². The van der Waals surface area contributed by atoms with Gasteiger partial charge in [0.25, 0.3) is 0 Å². The van der Waals surface area contributed by atoms with E-state index in [2.05, 4.69) is 4.10 Å². The van der Waals surface area contributed by atoms with Gasteiger partial charge in [0.2, 0.25) is 0 Å². The molecular weight excluding hydrogens is 272 g/mol. The molecule has 0 aliphatic heterocycles. The monoisotopic (exact) mass is 290 g/mol. The first kappa shape index (κ1) is 17.7. The first-order chi connectivity index (χ1) is 8.24. The summed E-state index contributed by atoms with van der Waals surface area (Å²) in [6.45, 7) is 3.90. The van der Waals surface area contributed by atoms with E-state index in [0.717, 1.165) is 6.42 Å². The Morgan fingerprint density at radius 1 is 1.11 bits per heavy atom. The van der Waals surface area contributed by atoms with E-state index in [9.17, 15) is 21.6 Å². The molecule has 0 N–H and O–H groups in total. The van der Waals surface area contributed by atoms with Gasteiger partial charge < -0.3 is 4.65 Å². The second kappa shape index (κ2) is 8.01. The average molecular weight is 290 g/mol. The van der Waals surface area contributed by atoms with Crippen LogP contribution in [0.4, 0.5) is 13.2 Å². The van der Waals surface area contributed by atoms with Crippen LogP contribution < -0.4 is 0 Å². The Morgan fingerprint density at radius 3 is 2.11 bits per heavy atom. The number of unbranched alkanes of at least 4 members (excludes halogenated alkanes) is 2. The summed E-state index contributed by atoms with van der Waals surface area (Å²) in [7, 11) is -6.95. The van der Waals surface area contributed by atoms with Crippen molar-refractivity contribution >= 4 is 17.2 Å². The summed E-state index contributed by atoms with van der Waals surface area (Å²) >= 11 is 0. The quantitative estimate of drug-likeness (QED) is 0.372. The van der Waals surface area contributed by atoms with Crippen LogP contribution in [0.15, 0.2) is 0 Å². The molecule has 4 nitrogen and oxygen atoms in total. The van der Waals surface area contributed by atoms with Crippen LogP contribution in [0.25, 0.3) is 0 Å². The second-order valence-electron chi connectivity index (χ2n) is 3.79. The molecule has 0 aliphatic rings. The Morgan fingerprint density at radius 2 is 1.67 bits per heavy atom. The lowest BCUT2D eigenvalue weighted by molar-refractivity contribution is -0.0509. The Kier molecular flexibility index (Phi) is 7.89. The zero-order chi connectivity index (χ0) is 14.2. The highest BCUT2D eigenvalue weighted by Crippen LogP contribution is 2.26. The van der Waals surface area contributed by atoms with Gasteiger partial charge in [0, 0.05) is 6.61 Å². The highest BCUT2D eigenvalue weighted by Gasteiger charge is 2.49. The van der Waals surface area contributed by atoms with Crippen molar-refractivity contribution in [2.45, 2.75) is 51.4 Å². The van der Waals surface area contributed by atoms with E-state index in [0.29, 0.717) is 19.3 Å². The smallest absolute Gasteiger partial charge is 0.411 e. The van der Waals surface area contributed by atoms with Crippen LogP contribution in [-0.2, 0) is 18.9 Å². The van der Waals surface area contributed by atoms with Crippen molar-refractivity contribution in [1.82, 2.24) is 0 Å². The highest BCUT2D eigenvalue weighted by molar-refractivity contribution is 7.88. The normalized spacial score (nSPS) is 12.7. The van der Waals surface area contributed by atoms with Gasteiger partial charge in [0.05, 0.1) is 0 Å². The minimum absolute atomic E-state index is 0.121. The van der Waals surface area contributed by atoms with Gasteiger partial charge in [-0.15, -0.1) is 0 Å². The Labute approximate surface area is 106 Å². The van der Waals surface area contributed by atoms with E-state index in [1.165, 1.54) is 0 Å². The average Bonchev–Trinajstić information content (AvgIpc) is 2.24. The number of alkyl halides is 3. The van der Waals surface area contributed by atoms with Crippen LogP contribution in [0.5, 0.6) is 0 Å². The lowest BCUT2D eigenvalue weighted by Crippen LogP contribution is -2.34. The lowest BCUT2D eigenvalue weighted by atomic mass is 9.83. The molecule has 0 atom stereocenters. The van der Waals surface area contributed by atoms with Gasteiger partial charge in [-0.05, 0) is 12.7 Å². The van der Waals surface area contributed by atoms with Crippen LogP contribution in [-0.4, -0.2) is 27.7 Å². The fraction of sp³-hybridized carbons (Fsp3) is 1.00. The van der Waals surface area contributed by atoms with Gasteiger partial charge >= 0.3 is 22.7 Å². The molecule has 0 saturated heterocycles. The Balaban J connectivity index is 4.48. The predicted octanol–water partition coefficient (Wildman–Crippen LogP) is 2.96. The predicted molar refractivity (Wildman–Crippen MR) is 62.4 cm³/mol. The highest BCUT2D eigenvalue weighted by atomic mass is 32.2. The lowest BCUT2D eigenvalue weighted by Gasteiger charge is -2.15. The molecule has 0 radical (unpaired) electrons. The molecule has 0 unspecified atom stereocenters. The van der Waals surface area contributed by atoms with Crippen molar-refractivity contribution in [3.05, 3.63) is 0 Å². The largest absolute Gasteiger partial charge is 0.521 e. The van der Waals surface area contributed by atoms with Crippen molar-refractivity contribution in [2.75, 3.05) is 6.61 Å². The third-order valence-electron chi connectivity index (χ3n) is 2.11. The Bertz CT molecular complexity index is 318. The van der Waals surface area contributed by atoms with Gasteiger partial charge in [0.15, 0.2) is 0 Å². The van der Waals surface area contributed by atoms with E-state index >= 15 is 0 Å². The molecule has 0 saturated carbocycles. The number of hydrogen-bond donors (Lipinski definition) is 0. The van der Waals surface area contributed by atoms with Crippen LogP contribution in [0.1, 0.15) is 39.5 Å². The Hall–Kier alpha value is -0.275. The first-order valence-corrected chi connectivity index (χ1v) is 7.26. The third kappa shape index (κ3) is 6.60. The molecule has 18 heavy (non-hydrogen) atoms. The fourth-order valence-electron chi connectivity index (χ4n) is 1.08. The van der Waals surface area contributed by atoms with Crippen LogP contribution >= 0.6 is 0 Å². The minimum Gasteiger partial charge on any atom is -0.411 e. The molecule has 0 aliphatic carbocycles. The van der Waals surface area contributed by atoms with Crippen LogP contribution in [0, 0.1) is 0 Å². The summed E-state index contributed by atoms with van der Waals surface area (Å²) in [5.41, 5.74) is -5.41. The van der Waals surface area contributed by atoms with Crippen LogP contribution in [0.2, 0.25) is 6.32 Å². The zero-order valence-electron chi connectivity index (χ0n) is 10.5. The second-order valence-corrected chi connectivity index (χ2v) is 5.36. The van der Waals surface area contributed by atoms with E-state index in [-0.39, 0.29) is 12.9 Å². The maximum Gasteiger partial charge on any atom is 0.521 e. The zero-order valence-corrected chi connectivity index (χ0v) is 11.3. The molecule has 0 aromatic carbocycles. The molecular formula is C9H18BF3O4S. The van der Waals surface area contributed by atoms with E-state index in [1.54, 1.807) is 0 Å². The van der Waals surface area contributed by atoms with Crippen molar-refractivity contribution in [3.63, 3.8) is 0 Å². The molecule has 0 heterocycles. The molecule has 0 bridgehead atoms. The van der Waals surface area contributed by atoms with Crippen molar-refractivity contribution < 1.29 is 30.3 Å². The summed E-state index contributed by atoms with van der Waals surface area (Å²) in [4.78, 5) is 0. The number of halogens is 3. The SMILES string of the molecule is CCCCOB(CCCC)OS(=O)(=O)C(F)(F)F. The topological polar surface area (TPSA) is 52.6 Å². The van der Waals surface area contributed by atoms with Gasteiger partial charge in [-0.1, -0.05) is 33.1 Å². The standard InChI is InChI=1S/C9H18BF3O4S/c1-3-5-7-10(16-8-6-4-2)17-18(14,15)9(11,12)13/h3-8H2,1-2H3. The third-order valence-corrected chi connectivity index (χ3v) is 3.15. The fourth-order valence-corrected chi connectivity index (χ4v) is 1.63. The molecule has 0 aromatic rings. The van der Waals surface area contributed by atoms with Gasteiger partial charge in [-0.3, -0.25) is 4.10 Å². The molecule has 9 heteroatoms. The number of hydrogen-bond acceptors (Lipinski definition) is 4. The van der Waals surface area contributed by atoms with Gasteiger partial charge in [-0.25, -0.2) is 0 Å². The van der Waals surface area contributed by atoms with E-state index in [1.807, 2.05) is 13.8 Å². The van der Waals surface area contributed by atoms with Gasteiger partial charge in [0.1, 0.15) is 0 Å². The summed E-state index contributed by atoms with van der Waals surface area (Å²) in [5.74, 6) is 0.